The lowest BCUT2D eigenvalue weighted by Gasteiger charge is -2.14. The molecule has 154 valence electrons. The number of nitrogens with one attached hydrogen (secondary N) is 1. The molecule has 0 aliphatic carbocycles. The van der Waals surface area contributed by atoms with Crippen LogP contribution in [0.2, 0.25) is 0 Å². The van der Waals surface area contributed by atoms with Gasteiger partial charge < -0.3 is 10.1 Å². The highest BCUT2D eigenvalue weighted by atomic mass is 32.2. The van der Waals surface area contributed by atoms with Gasteiger partial charge in [0, 0.05) is 20.0 Å². The largest absolute Gasteiger partial charge is 0.497 e. The number of nitrogens with zero attached hydrogens (tertiary/aromatic N) is 2. The first-order valence-electron chi connectivity index (χ1n) is 8.97. The Morgan fingerprint density at radius 3 is 2.10 bits per heavy atom. The van der Waals surface area contributed by atoms with Crippen LogP contribution in [-0.4, -0.2) is 30.6 Å². The van der Waals surface area contributed by atoms with E-state index in [1.807, 2.05) is 0 Å². The number of methoxy groups -OCH3 is 1. The zero-order valence-corrected chi connectivity index (χ0v) is 17.7. The number of aryl methyl sites for hydroxylation is 2. The summed E-state index contributed by atoms with van der Waals surface area (Å²) in [4.78, 5) is 24.6. The maximum Gasteiger partial charge on any atom is 0.328 e. The maximum atomic E-state index is 13.4. The van der Waals surface area contributed by atoms with Crippen molar-refractivity contribution in [3.05, 3.63) is 46.9 Å². The monoisotopic (exact) mass is 417 g/mol. The van der Waals surface area contributed by atoms with Gasteiger partial charge in [-0.15, -0.1) is 0 Å². The average Bonchev–Trinajstić information content (AvgIpc) is 2.91. The van der Waals surface area contributed by atoms with Crippen molar-refractivity contribution in [1.29, 1.82) is 0 Å². The quantitative estimate of drug-likeness (QED) is 0.687. The molecular weight excluding hydrogens is 394 g/mol. The molecule has 0 aliphatic rings. The van der Waals surface area contributed by atoms with Gasteiger partial charge in [-0.05, 0) is 36.4 Å². The Morgan fingerprint density at radius 2 is 1.59 bits per heavy atom. The first-order valence-corrected chi connectivity index (χ1v) is 10.5. The molecule has 3 rings (SSSR count). The summed E-state index contributed by atoms with van der Waals surface area (Å²) in [6.45, 7) is 3.42. The third-order valence-electron chi connectivity index (χ3n) is 4.81. The molecule has 9 heteroatoms. The standard InChI is InChI=1S/C20H23N3O5S/c1-12(2)19(24)21-15-10-16-17(23(4)20(25)22(16)3)11-18(15)29(26,27)14-8-6-13(28-5)7-9-14/h6-12H,1-5H3,(H,21,24). The second-order valence-corrected chi connectivity index (χ2v) is 8.98. The number of ether oxygens (including phenoxy) is 1. The first-order chi connectivity index (χ1) is 13.6. The minimum absolute atomic E-state index is 0.0543. The number of benzene rings is 2. The van der Waals surface area contributed by atoms with Crippen LogP contribution < -0.4 is 15.7 Å². The van der Waals surface area contributed by atoms with Crippen LogP contribution in [0.5, 0.6) is 5.75 Å². The Balaban J connectivity index is 2.29. The fourth-order valence-electron chi connectivity index (χ4n) is 3.00. The van der Waals surface area contributed by atoms with E-state index in [1.165, 1.54) is 40.5 Å². The number of hydrogen-bond acceptors (Lipinski definition) is 5. The van der Waals surface area contributed by atoms with Crippen LogP contribution in [0.4, 0.5) is 5.69 Å². The minimum atomic E-state index is -3.97. The number of anilines is 1. The van der Waals surface area contributed by atoms with Crippen molar-refractivity contribution >= 4 is 32.5 Å². The summed E-state index contributed by atoms with van der Waals surface area (Å²) in [5.74, 6) is -0.142. The van der Waals surface area contributed by atoms with E-state index in [-0.39, 0.29) is 33.0 Å². The number of hydrogen-bond donors (Lipinski definition) is 1. The van der Waals surface area contributed by atoms with Crippen LogP contribution in [0, 0.1) is 5.92 Å². The first kappa shape index (κ1) is 20.7. The molecule has 3 aromatic rings. The van der Waals surface area contributed by atoms with Crippen molar-refractivity contribution in [3.63, 3.8) is 0 Å². The third-order valence-corrected chi connectivity index (χ3v) is 6.62. The predicted octanol–water partition coefficient (Wildman–Crippen LogP) is 2.31. The summed E-state index contributed by atoms with van der Waals surface area (Å²) in [5.41, 5.74) is 0.811. The molecule has 0 saturated heterocycles. The summed E-state index contributed by atoms with van der Waals surface area (Å²) in [6.07, 6.45) is 0. The zero-order valence-electron chi connectivity index (χ0n) is 16.9. The van der Waals surface area contributed by atoms with Gasteiger partial charge in [0.05, 0.1) is 33.6 Å². The van der Waals surface area contributed by atoms with Crippen molar-refractivity contribution in [2.45, 2.75) is 23.6 Å². The van der Waals surface area contributed by atoms with E-state index in [9.17, 15) is 18.0 Å². The van der Waals surface area contributed by atoms with Crippen molar-refractivity contribution in [3.8, 4) is 5.75 Å². The summed E-state index contributed by atoms with van der Waals surface area (Å²) < 4.78 is 34.6. The summed E-state index contributed by atoms with van der Waals surface area (Å²) >= 11 is 0. The molecule has 0 saturated carbocycles. The molecular formula is C20H23N3O5S. The number of carbonyl (C=O) groups is 1. The third kappa shape index (κ3) is 3.53. The number of imidazole rings is 1. The van der Waals surface area contributed by atoms with E-state index >= 15 is 0 Å². The Labute approximate surface area is 168 Å². The van der Waals surface area contributed by atoms with Crippen LogP contribution in [0.1, 0.15) is 13.8 Å². The van der Waals surface area contributed by atoms with E-state index < -0.39 is 9.84 Å². The molecule has 0 bridgehead atoms. The normalized spacial score (nSPS) is 11.8. The van der Waals surface area contributed by atoms with E-state index in [4.69, 9.17) is 4.74 Å². The zero-order chi connectivity index (χ0) is 21.5. The highest BCUT2D eigenvalue weighted by Gasteiger charge is 2.25. The molecule has 2 aromatic carbocycles. The summed E-state index contributed by atoms with van der Waals surface area (Å²) in [5, 5.41) is 2.69. The molecule has 1 amide bonds. The van der Waals surface area contributed by atoms with Gasteiger partial charge in [0.1, 0.15) is 5.75 Å². The summed E-state index contributed by atoms with van der Waals surface area (Å²) in [7, 11) is 0.684. The van der Waals surface area contributed by atoms with E-state index in [0.29, 0.717) is 16.8 Å². The Morgan fingerprint density at radius 1 is 1.03 bits per heavy atom. The van der Waals surface area contributed by atoms with E-state index in [2.05, 4.69) is 5.32 Å². The minimum Gasteiger partial charge on any atom is -0.497 e. The van der Waals surface area contributed by atoms with Crippen LogP contribution >= 0.6 is 0 Å². The van der Waals surface area contributed by atoms with Gasteiger partial charge in [-0.3, -0.25) is 13.9 Å². The van der Waals surface area contributed by atoms with Crippen molar-refractivity contribution < 1.29 is 17.9 Å². The van der Waals surface area contributed by atoms with Gasteiger partial charge in [-0.1, -0.05) is 13.8 Å². The molecule has 1 aromatic heterocycles. The molecule has 0 spiro atoms. The number of amides is 1. The van der Waals surface area contributed by atoms with Gasteiger partial charge in [0.25, 0.3) is 0 Å². The summed E-state index contributed by atoms with van der Waals surface area (Å²) in [6, 6.07) is 8.93. The topological polar surface area (TPSA) is 99.4 Å². The Hall–Kier alpha value is -3.07. The highest BCUT2D eigenvalue weighted by Crippen LogP contribution is 2.32. The number of fused-ring (bicyclic) bond motifs is 1. The number of sulfone groups is 1. The highest BCUT2D eigenvalue weighted by molar-refractivity contribution is 7.91. The van der Waals surface area contributed by atoms with Gasteiger partial charge in [0.2, 0.25) is 15.7 Å². The molecule has 0 radical (unpaired) electrons. The van der Waals surface area contributed by atoms with Crippen molar-refractivity contribution in [1.82, 2.24) is 9.13 Å². The number of carbonyl (C=O) groups excluding carboxylic acids is 1. The maximum absolute atomic E-state index is 13.4. The lowest BCUT2D eigenvalue weighted by Crippen LogP contribution is -2.20. The van der Waals surface area contributed by atoms with Gasteiger partial charge in [-0.25, -0.2) is 13.2 Å². The van der Waals surface area contributed by atoms with E-state index in [1.54, 1.807) is 40.1 Å². The number of rotatable bonds is 5. The molecule has 0 unspecified atom stereocenters. The van der Waals surface area contributed by atoms with Crippen LogP contribution in [0.15, 0.2) is 51.0 Å². The Bertz CT molecular complexity index is 1250. The fourth-order valence-corrected chi connectivity index (χ4v) is 4.42. The second-order valence-electron chi connectivity index (χ2n) is 7.06. The van der Waals surface area contributed by atoms with Crippen molar-refractivity contribution in [2.75, 3.05) is 12.4 Å². The molecule has 0 aliphatic heterocycles. The van der Waals surface area contributed by atoms with Crippen molar-refractivity contribution in [2.24, 2.45) is 20.0 Å². The molecule has 1 N–H and O–H groups in total. The van der Waals surface area contributed by atoms with Crippen LogP contribution in [-0.2, 0) is 28.7 Å². The van der Waals surface area contributed by atoms with E-state index in [0.717, 1.165) is 0 Å². The van der Waals surface area contributed by atoms with Crippen LogP contribution in [0.25, 0.3) is 11.0 Å². The lowest BCUT2D eigenvalue weighted by atomic mass is 10.2. The Kier molecular flexibility index (Phi) is 5.27. The molecule has 1 heterocycles. The lowest BCUT2D eigenvalue weighted by molar-refractivity contribution is -0.118. The SMILES string of the molecule is COc1ccc(S(=O)(=O)c2cc3c(cc2NC(=O)C(C)C)n(C)c(=O)n3C)cc1. The molecule has 0 atom stereocenters. The molecule has 8 nitrogen and oxygen atoms in total. The van der Waals surface area contributed by atoms with Crippen LogP contribution in [0.3, 0.4) is 0 Å². The molecule has 29 heavy (non-hydrogen) atoms. The van der Waals surface area contributed by atoms with Gasteiger partial charge in [0.15, 0.2) is 0 Å². The number of aromatic nitrogens is 2. The predicted molar refractivity (Wildman–Crippen MR) is 110 cm³/mol. The second kappa shape index (κ2) is 7.40. The smallest absolute Gasteiger partial charge is 0.328 e. The van der Waals surface area contributed by atoms with Gasteiger partial charge >= 0.3 is 5.69 Å². The van der Waals surface area contributed by atoms with Gasteiger partial charge in [-0.2, -0.15) is 0 Å². The molecule has 0 fully saturated rings. The fraction of sp³-hybridized carbons (Fsp3) is 0.300. The average molecular weight is 417 g/mol.